The highest BCUT2D eigenvalue weighted by Crippen LogP contribution is 2.34. The molecule has 1 aliphatic rings. The number of amides is 2. The van der Waals surface area contributed by atoms with E-state index >= 15 is 0 Å². The van der Waals surface area contributed by atoms with Crippen LogP contribution in [-0.2, 0) is 0 Å². The molecular weight excluding hydrogens is 436 g/mol. The highest BCUT2D eigenvalue weighted by atomic mass is 32.1. The summed E-state index contributed by atoms with van der Waals surface area (Å²) < 4.78 is 5.13. The summed E-state index contributed by atoms with van der Waals surface area (Å²) in [6.07, 6.45) is 8.70. The second kappa shape index (κ2) is 9.07. The molecule has 168 valence electrons. The third-order valence-corrected chi connectivity index (χ3v) is 7.00. The van der Waals surface area contributed by atoms with Crippen LogP contribution in [-0.4, -0.2) is 29.9 Å². The second-order valence-corrected chi connectivity index (χ2v) is 9.16. The van der Waals surface area contributed by atoms with Gasteiger partial charge in [-0.15, -0.1) is 11.3 Å². The third kappa shape index (κ3) is 4.34. The van der Waals surface area contributed by atoms with Crippen molar-refractivity contribution >= 4 is 50.3 Å². The van der Waals surface area contributed by atoms with Crippen molar-refractivity contribution in [3.63, 3.8) is 0 Å². The minimum atomic E-state index is -0.349. The number of aryl methyl sites for hydroxylation is 1. The molecule has 7 nitrogen and oxygen atoms in total. The molecule has 1 aromatic carbocycles. The fourth-order valence-electron chi connectivity index (χ4n) is 4.22. The highest BCUT2D eigenvalue weighted by Gasteiger charge is 2.19. The highest BCUT2D eigenvalue weighted by molar-refractivity contribution is 7.18. The van der Waals surface area contributed by atoms with Crippen molar-refractivity contribution in [3.8, 4) is 0 Å². The Labute approximate surface area is 195 Å². The summed E-state index contributed by atoms with van der Waals surface area (Å²) in [6.45, 7) is 3.95. The SMILES string of the molecule is Cc1cc(NC(=O)c2ccco2)sc1C(=O)Nc1ccc(N2CCCCC2)c2ccncc12. The van der Waals surface area contributed by atoms with Crippen molar-refractivity contribution in [2.75, 3.05) is 28.6 Å². The number of carbonyl (C=O) groups is 2. The number of hydrogen-bond donors (Lipinski definition) is 2. The molecular formula is C25H24N4O3S. The van der Waals surface area contributed by atoms with Crippen LogP contribution in [0.5, 0.6) is 0 Å². The normalized spacial score (nSPS) is 13.8. The van der Waals surface area contributed by atoms with Crippen LogP contribution in [0.2, 0.25) is 0 Å². The van der Waals surface area contributed by atoms with Crippen LogP contribution in [0.25, 0.3) is 10.8 Å². The van der Waals surface area contributed by atoms with Crippen molar-refractivity contribution in [1.29, 1.82) is 0 Å². The van der Waals surface area contributed by atoms with Crippen LogP contribution in [0.3, 0.4) is 0 Å². The number of piperidine rings is 1. The predicted octanol–water partition coefficient (Wildman–Crippen LogP) is 5.69. The van der Waals surface area contributed by atoms with E-state index in [2.05, 4.69) is 26.6 Å². The summed E-state index contributed by atoms with van der Waals surface area (Å²) in [7, 11) is 0. The lowest BCUT2D eigenvalue weighted by atomic mass is 10.0. The number of aromatic nitrogens is 1. The van der Waals surface area contributed by atoms with E-state index in [0.717, 1.165) is 35.1 Å². The van der Waals surface area contributed by atoms with Crippen LogP contribution >= 0.6 is 11.3 Å². The zero-order valence-electron chi connectivity index (χ0n) is 18.3. The lowest BCUT2D eigenvalue weighted by Crippen LogP contribution is -2.29. The van der Waals surface area contributed by atoms with E-state index in [1.807, 2.05) is 19.1 Å². The van der Waals surface area contributed by atoms with Gasteiger partial charge in [0.1, 0.15) is 0 Å². The number of nitrogens with zero attached hydrogens (tertiary/aromatic N) is 2. The molecule has 0 unspecified atom stereocenters. The monoisotopic (exact) mass is 460 g/mol. The Hall–Kier alpha value is -3.65. The van der Waals surface area contributed by atoms with E-state index in [9.17, 15) is 9.59 Å². The van der Waals surface area contributed by atoms with Crippen LogP contribution < -0.4 is 15.5 Å². The summed E-state index contributed by atoms with van der Waals surface area (Å²) in [6, 6.07) is 11.1. The minimum Gasteiger partial charge on any atom is -0.459 e. The maximum atomic E-state index is 13.1. The minimum absolute atomic E-state index is 0.216. The first-order valence-electron chi connectivity index (χ1n) is 11.0. The standard InChI is InChI=1S/C25H24N4O3S/c1-16-14-22(28-24(30)21-6-5-13-32-21)33-23(16)25(31)27-19-7-8-20(29-11-3-2-4-12-29)17-9-10-26-15-18(17)19/h5-10,13-15H,2-4,11-12H2,1H3,(H,27,31)(H,28,30). The first-order valence-corrected chi connectivity index (χ1v) is 11.8. The van der Waals surface area contributed by atoms with Gasteiger partial charge in [-0.05, 0) is 68.1 Å². The zero-order valence-corrected chi connectivity index (χ0v) is 19.1. The van der Waals surface area contributed by atoms with Gasteiger partial charge in [0.2, 0.25) is 0 Å². The van der Waals surface area contributed by atoms with Crippen LogP contribution in [0.15, 0.2) is 59.5 Å². The number of anilines is 3. The van der Waals surface area contributed by atoms with E-state index in [-0.39, 0.29) is 17.6 Å². The molecule has 0 aliphatic carbocycles. The maximum absolute atomic E-state index is 13.1. The van der Waals surface area contributed by atoms with Gasteiger partial charge < -0.3 is 20.0 Å². The molecule has 2 N–H and O–H groups in total. The molecule has 0 bridgehead atoms. The number of pyridine rings is 1. The number of hydrogen-bond acceptors (Lipinski definition) is 6. The van der Waals surface area contributed by atoms with Gasteiger partial charge in [-0.25, -0.2) is 0 Å². The van der Waals surface area contributed by atoms with E-state index < -0.39 is 0 Å². The van der Waals surface area contributed by atoms with Gasteiger partial charge >= 0.3 is 0 Å². The molecule has 0 spiro atoms. The number of carbonyl (C=O) groups excluding carboxylic acids is 2. The van der Waals surface area contributed by atoms with Gasteiger partial charge in [0, 0.05) is 41.9 Å². The number of fused-ring (bicyclic) bond motifs is 1. The molecule has 2 amide bonds. The summed E-state index contributed by atoms with van der Waals surface area (Å²) in [5.41, 5.74) is 2.69. The summed E-state index contributed by atoms with van der Waals surface area (Å²) in [5, 5.41) is 8.42. The van der Waals surface area contributed by atoms with Gasteiger partial charge in [0.05, 0.1) is 21.8 Å². The summed E-state index contributed by atoms with van der Waals surface area (Å²) >= 11 is 1.23. The second-order valence-electron chi connectivity index (χ2n) is 8.11. The first-order chi connectivity index (χ1) is 16.1. The number of thiophene rings is 1. The maximum Gasteiger partial charge on any atom is 0.291 e. The number of furan rings is 1. The lowest BCUT2D eigenvalue weighted by molar-refractivity contribution is 0.0995. The van der Waals surface area contributed by atoms with Crippen molar-refractivity contribution < 1.29 is 14.0 Å². The molecule has 0 radical (unpaired) electrons. The van der Waals surface area contributed by atoms with Crippen LogP contribution in [0, 0.1) is 6.92 Å². The summed E-state index contributed by atoms with van der Waals surface area (Å²) in [5.74, 6) is -0.342. The number of rotatable bonds is 5. The van der Waals surface area contributed by atoms with Crippen molar-refractivity contribution in [1.82, 2.24) is 4.98 Å². The molecule has 1 aliphatic heterocycles. The van der Waals surface area contributed by atoms with E-state index in [4.69, 9.17) is 4.42 Å². The topological polar surface area (TPSA) is 87.5 Å². The Bertz CT molecular complexity index is 1310. The molecule has 5 rings (SSSR count). The third-order valence-electron chi connectivity index (χ3n) is 5.85. The fourth-order valence-corrected chi connectivity index (χ4v) is 5.19. The van der Waals surface area contributed by atoms with E-state index in [0.29, 0.717) is 9.88 Å². The molecule has 0 saturated carbocycles. The Kier molecular flexibility index (Phi) is 5.83. The Morgan fingerprint density at radius 3 is 2.67 bits per heavy atom. The van der Waals surface area contributed by atoms with Crippen molar-refractivity contribution in [3.05, 3.63) is 71.3 Å². The molecule has 8 heteroatoms. The Morgan fingerprint density at radius 1 is 1.03 bits per heavy atom. The number of benzene rings is 1. The first kappa shape index (κ1) is 21.2. The van der Waals surface area contributed by atoms with Gasteiger partial charge in [0.15, 0.2) is 5.76 Å². The van der Waals surface area contributed by atoms with Gasteiger partial charge in [-0.2, -0.15) is 0 Å². The van der Waals surface area contributed by atoms with Crippen LogP contribution in [0.1, 0.15) is 45.1 Å². The Morgan fingerprint density at radius 2 is 1.88 bits per heavy atom. The molecule has 4 aromatic rings. The van der Waals surface area contributed by atoms with E-state index in [1.165, 1.54) is 42.5 Å². The molecule has 1 saturated heterocycles. The van der Waals surface area contributed by atoms with Gasteiger partial charge in [0.25, 0.3) is 11.8 Å². The van der Waals surface area contributed by atoms with E-state index in [1.54, 1.807) is 30.6 Å². The number of nitrogens with one attached hydrogen (secondary N) is 2. The molecule has 1 fully saturated rings. The Balaban J connectivity index is 1.38. The predicted molar refractivity (Wildman–Crippen MR) is 131 cm³/mol. The average molecular weight is 461 g/mol. The fraction of sp³-hybridized carbons (Fsp3) is 0.240. The summed E-state index contributed by atoms with van der Waals surface area (Å²) in [4.78, 5) is 32.6. The molecule has 3 aromatic heterocycles. The molecule has 33 heavy (non-hydrogen) atoms. The van der Waals surface area contributed by atoms with Crippen LogP contribution in [0.4, 0.5) is 16.4 Å². The van der Waals surface area contributed by atoms with Crippen molar-refractivity contribution in [2.45, 2.75) is 26.2 Å². The van der Waals surface area contributed by atoms with Gasteiger partial charge in [-0.3, -0.25) is 14.6 Å². The zero-order chi connectivity index (χ0) is 22.8. The molecule has 0 atom stereocenters. The molecule has 4 heterocycles. The smallest absolute Gasteiger partial charge is 0.291 e. The average Bonchev–Trinajstić information content (AvgIpc) is 3.50. The van der Waals surface area contributed by atoms with Gasteiger partial charge in [-0.1, -0.05) is 0 Å². The van der Waals surface area contributed by atoms with Crippen molar-refractivity contribution in [2.24, 2.45) is 0 Å². The quantitative estimate of drug-likeness (QED) is 0.399. The largest absolute Gasteiger partial charge is 0.459 e. The lowest BCUT2D eigenvalue weighted by Gasteiger charge is -2.30.